The van der Waals surface area contributed by atoms with Crippen LogP contribution in [0.25, 0.3) is 0 Å². The zero-order valence-corrected chi connectivity index (χ0v) is 13.1. The van der Waals surface area contributed by atoms with Gasteiger partial charge < -0.3 is 20.5 Å². The standard InChI is InChI=1S/C16H26N2O3/c1-4-5-10-21-14-6-7-15(12(2)11-14)18-16(20)17-13(3)8-9-19/h6-7,11,13,19H,4-5,8-10H2,1-3H3,(H2,17,18,20)/t13-/m1/s1. The summed E-state index contributed by atoms with van der Waals surface area (Å²) in [6, 6.07) is 5.29. The largest absolute Gasteiger partial charge is 0.494 e. The van der Waals surface area contributed by atoms with Crippen molar-refractivity contribution >= 4 is 11.7 Å². The first kappa shape index (κ1) is 17.3. The van der Waals surface area contributed by atoms with Crippen molar-refractivity contribution in [3.63, 3.8) is 0 Å². The molecular weight excluding hydrogens is 268 g/mol. The topological polar surface area (TPSA) is 70.6 Å². The fraction of sp³-hybridized carbons (Fsp3) is 0.562. The third-order valence-corrected chi connectivity index (χ3v) is 3.15. The van der Waals surface area contributed by atoms with E-state index in [1.807, 2.05) is 32.0 Å². The summed E-state index contributed by atoms with van der Waals surface area (Å²) < 4.78 is 5.63. The van der Waals surface area contributed by atoms with Crippen LogP contribution >= 0.6 is 0 Å². The maximum Gasteiger partial charge on any atom is 0.319 e. The molecule has 0 spiro atoms. The van der Waals surface area contributed by atoms with Crippen molar-refractivity contribution in [1.29, 1.82) is 0 Å². The normalized spacial score (nSPS) is 11.8. The van der Waals surface area contributed by atoms with E-state index in [9.17, 15) is 4.79 Å². The number of amides is 2. The van der Waals surface area contributed by atoms with E-state index in [1.165, 1.54) is 0 Å². The predicted octanol–water partition coefficient (Wildman–Crippen LogP) is 3.07. The lowest BCUT2D eigenvalue weighted by atomic mass is 10.2. The van der Waals surface area contributed by atoms with Gasteiger partial charge in [-0.2, -0.15) is 0 Å². The molecule has 5 heteroatoms. The van der Waals surface area contributed by atoms with E-state index in [0.29, 0.717) is 13.0 Å². The van der Waals surface area contributed by atoms with Crippen molar-refractivity contribution in [2.45, 2.75) is 46.1 Å². The summed E-state index contributed by atoms with van der Waals surface area (Å²) in [7, 11) is 0. The SMILES string of the molecule is CCCCOc1ccc(NC(=O)N[C@H](C)CCO)c(C)c1. The fourth-order valence-electron chi connectivity index (χ4n) is 1.85. The number of aryl methyl sites for hydroxylation is 1. The number of aliphatic hydroxyl groups excluding tert-OH is 1. The predicted molar refractivity (Wildman–Crippen MR) is 84.9 cm³/mol. The monoisotopic (exact) mass is 294 g/mol. The van der Waals surface area contributed by atoms with Crippen LogP contribution in [0.3, 0.4) is 0 Å². The van der Waals surface area contributed by atoms with Crippen molar-refractivity contribution in [3.05, 3.63) is 23.8 Å². The molecule has 0 saturated carbocycles. The van der Waals surface area contributed by atoms with Gasteiger partial charge in [0.25, 0.3) is 0 Å². The van der Waals surface area contributed by atoms with Gasteiger partial charge in [0, 0.05) is 18.3 Å². The van der Waals surface area contributed by atoms with Gasteiger partial charge in [-0.3, -0.25) is 0 Å². The maximum atomic E-state index is 11.8. The molecule has 3 N–H and O–H groups in total. The third-order valence-electron chi connectivity index (χ3n) is 3.15. The highest BCUT2D eigenvalue weighted by Gasteiger charge is 2.08. The third kappa shape index (κ3) is 6.49. The number of ether oxygens (including phenoxy) is 1. The Morgan fingerprint density at radius 3 is 2.81 bits per heavy atom. The Bertz CT molecular complexity index is 449. The molecule has 1 aromatic carbocycles. The number of benzene rings is 1. The van der Waals surface area contributed by atoms with Crippen molar-refractivity contribution in [2.75, 3.05) is 18.5 Å². The smallest absolute Gasteiger partial charge is 0.319 e. The van der Waals surface area contributed by atoms with Gasteiger partial charge >= 0.3 is 6.03 Å². The minimum absolute atomic E-state index is 0.0598. The minimum atomic E-state index is -0.265. The molecule has 118 valence electrons. The zero-order chi connectivity index (χ0) is 15.7. The van der Waals surface area contributed by atoms with Crippen LogP contribution in [0.5, 0.6) is 5.75 Å². The van der Waals surface area contributed by atoms with E-state index in [0.717, 1.165) is 29.8 Å². The number of hydrogen-bond acceptors (Lipinski definition) is 3. The summed E-state index contributed by atoms with van der Waals surface area (Å²) >= 11 is 0. The highest BCUT2D eigenvalue weighted by Crippen LogP contribution is 2.21. The minimum Gasteiger partial charge on any atom is -0.494 e. The molecule has 0 aliphatic carbocycles. The Morgan fingerprint density at radius 2 is 2.19 bits per heavy atom. The fourth-order valence-corrected chi connectivity index (χ4v) is 1.85. The lowest BCUT2D eigenvalue weighted by molar-refractivity contribution is 0.241. The Kier molecular flexibility index (Phi) is 7.61. The molecule has 1 aromatic rings. The second-order valence-corrected chi connectivity index (χ2v) is 5.19. The van der Waals surface area contributed by atoms with Gasteiger partial charge in [0.1, 0.15) is 5.75 Å². The van der Waals surface area contributed by atoms with Gasteiger partial charge in [-0.05, 0) is 50.5 Å². The number of hydrogen-bond donors (Lipinski definition) is 3. The molecule has 0 unspecified atom stereocenters. The molecule has 0 heterocycles. The highest BCUT2D eigenvalue weighted by atomic mass is 16.5. The molecule has 0 radical (unpaired) electrons. The summed E-state index contributed by atoms with van der Waals surface area (Å²) in [6.45, 7) is 6.68. The second kappa shape index (κ2) is 9.23. The summed E-state index contributed by atoms with van der Waals surface area (Å²) in [5, 5.41) is 14.4. The van der Waals surface area contributed by atoms with Crippen molar-refractivity contribution in [1.82, 2.24) is 5.32 Å². The Hall–Kier alpha value is -1.75. The Morgan fingerprint density at radius 1 is 1.43 bits per heavy atom. The Labute approximate surface area is 126 Å². The zero-order valence-electron chi connectivity index (χ0n) is 13.1. The first-order valence-corrected chi connectivity index (χ1v) is 7.48. The van der Waals surface area contributed by atoms with Gasteiger partial charge in [-0.25, -0.2) is 4.79 Å². The molecule has 0 aliphatic heterocycles. The molecule has 0 fully saturated rings. The van der Waals surface area contributed by atoms with E-state index in [2.05, 4.69) is 17.6 Å². The van der Waals surface area contributed by atoms with Crippen molar-refractivity contribution in [3.8, 4) is 5.75 Å². The van der Waals surface area contributed by atoms with Crippen LogP contribution in [0, 0.1) is 6.92 Å². The van der Waals surface area contributed by atoms with E-state index >= 15 is 0 Å². The quantitative estimate of drug-likeness (QED) is 0.645. The van der Waals surface area contributed by atoms with Crippen LogP contribution in [0.2, 0.25) is 0 Å². The van der Waals surface area contributed by atoms with E-state index < -0.39 is 0 Å². The lowest BCUT2D eigenvalue weighted by Crippen LogP contribution is -2.36. The van der Waals surface area contributed by atoms with Gasteiger partial charge in [0.15, 0.2) is 0 Å². The molecule has 0 aromatic heterocycles. The molecule has 0 aliphatic rings. The number of carbonyl (C=O) groups excluding carboxylic acids is 1. The first-order chi connectivity index (χ1) is 10.1. The number of rotatable bonds is 8. The van der Waals surface area contributed by atoms with Crippen LogP contribution in [0.1, 0.15) is 38.7 Å². The number of aliphatic hydroxyl groups is 1. The number of anilines is 1. The molecule has 5 nitrogen and oxygen atoms in total. The van der Waals surface area contributed by atoms with Crippen LogP contribution < -0.4 is 15.4 Å². The number of urea groups is 1. The van der Waals surface area contributed by atoms with Crippen LogP contribution in [-0.4, -0.2) is 30.4 Å². The van der Waals surface area contributed by atoms with Gasteiger partial charge in [-0.1, -0.05) is 13.3 Å². The molecule has 21 heavy (non-hydrogen) atoms. The summed E-state index contributed by atoms with van der Waals surface area (Å²) in [5.74, 6) is 0.820. The van der Waals surface area contributed by atoms with Crippen LogP contribution in [-0.2, 0) is 0 Å². The molecular formula is C16H26N2O3. The van der Waals surface area contributed by atoms with Crippen LogP contribution in [0.4, 0.5) is 10.5 Å². The van der Waals surface area contributed by atoms with Gasteiger partial charge in [0.2, 0.25) is 0 Å². The lowest BCUT2D eigenvalue weighted by Gasteiger charge is -2.15. The summed E-state index contributed by atoms with van der Waals surface area (Å²) in [4.78, 5) is 11.8. The van der Waals surface area contributed by atoms with Crippen LogP contribution in [0.15, 0.2) is 18.2 Å². The maximum absolute atomic E-state index is 11.8. The molecule has 0 bridgehead atoms. The van der Waals surface area contributed by atoms with E-state index in [1.54, 1.807) is 0 Å². The average Bonchev–Trinajstić information content (AvgIpc) is 2.42. The number of nitrogens with one attached hydrogen (secondary N) is 2. The van der Waals surface area contributed by atoms with Gasteiger partial charge in [0.05, 0.1) is 6.61 Å². The highest BCUT2D eigenvalue weighted by molar-refractivity contribution is 5.90. The van der Waals surface area contributed by atoms with Crippen molar-refractivity contribution < 1.29 is 14.6 Å². The second-order valence-electron chi connectivity index (χ2n) is 5.19. The Balaban J connectivity index is 2.53. The molecule has 1 atom stereocenters. The summed E-state index contributed by atoms with van der Waals surface area (Å²) in [6.07, 6.45) is 2.67. The van der Waals surface area contributed by atoms with Gasteiger partial charge in [-0.15, -0.1) is 0 Å². The first-order valence-electron chi connectivity index (χ1n) is 7.48. The van der Waals surface area contributed by atoms with E-state index in [-0.39, 0.29) is 18.7 Å². The molecule has 2 amide bonds. The number of carbonyl (C=O) groups is 1. The summed E-state index contributed by atoms with van der Waals surface area (Å²) in [5.41, 5.74) is 1.71. The van der Waals surface area contributed by atoms with Crippen molar-refractivity contribution in [2.24, 2.45) is 0 Å². The molecule has 0 saturated heterocycles. The number of unbranched alkanes of at least 4 members (excludes halogenated alkanes) is 1. The molecule has 1 rings (SSSR count). The van der Waals surface area contributed by atoms with E-state index in [4.69, 9.17) is 9.84 Å². The average molecular weight is 294 g/mol.